The fourth-order valence-corrected chi connectivity index (χ4v) is 3.72. The van der Waals surface area contributed by atoms with E-state index in [2.05, 4.69) is 4.90 Å². The number of hydrogen-bond donors (Lipinski definition) is 0. The van der Waals surface area contributed by atoms with Gasteiger partial charge in [-0.15, -0.1) is 0 Å². The summed E-state index contributed by atoms with van der Waals surface area (Å²) in [7, 11) is 0. The van der Waals surface area contributed by atoms with Crippen LogP contribution in [0.15, 0.2) is 0 Å². The molecule has 96 valence electrons. The van der Waals surface area contributed by atoms with E-state index in [9.17, 15) is 4.79 Å². The molecule has 0 spiro atoms. The average molecular weight is 237 g/mol. The normalized spacial score (nSPS) is 30.1. The predicted octanol–water partition coefficient (Wildman–Crippen LogP) is 2.00. The van der Waals surface area contributed by atoms with Crippen LogP contribution in [0.4, 0.5) is 0 Å². The van der Waals surface area contributed by atoms with E-state index in [0.717, 1.165) is 52.0 Å². The van der Waals surface area contributed by atoms with Crippen molar-refractivity contribution in [1.82, 2.24) is 4.90 Å². The molecule has 17 heavy (non-hydrogen) atoms. The molecule has 0 bridgehead atoms. The van der Waals surface area contributed by atoms with Crippen LogP contribution in [0.3, 0.4) is 0 Å². The Hall–Kier alpha value is -0.410. The summed E-state index contributed by atoms with van der Waals surface area (Å²) < 4.78 is 5.43. The fourth-order valence-electron chi connectivity index (χ4n) is 3.72. The molecule has 2 aliphatic carbocycles. The minimum Gasteiger partial charge on any atom is -0.379 e. The molecule has 0 N–H and O–H groups in total. The highest BCUT2D eigenvalue weighted by atomic mass is 16.5. The molecule has 3 heteroatoms. The van der Waals surface area contributed by atoms with Crippen molar-refractivity contribution in [2.75, 3.05) is 26.3 Å². The number of nitrogens with zero attached hydrogens (tertiary/aromatic N) is 1. The number of ether oxygens (including phenoxy) is 1. The summed E-state index contributed by atoms with van der Waals surface area (Å²) in [6.45, 7) is 3.52. The van der Waals surface area contributed by atoms with Gasteiger partial charge in [0.05, 0.1) is 18.8 Å². The summed E-state index contributed by atoms with van der Waals surface area (Å²) in [5.41, 5.74) is -0.0884. The van der Waals surface area contributed by atoms with Gasteiger partial charge in [0.1, 0.15) is 0 Å². The molecule has 0 aromatic heterocycles. The number of rotatable bonds is 3. The van der Waals surface area contributed by atoms with Gasteiger partial charge in [-0.05, 0) is 25.7 Å². The van der Waals surface area contributed by atoms with Gasteiger partial charge in [-0.1, -0.05) is 19.3 Å². The van der Waals surface area contributed by atoms with E-state index in [-0.39, 0.29) is 5.54 Å². The molecule has 1 heterocycles. The van der Waals surface area contributed by atoms with Crippen LogP contribution < -0.4 is 0 Å². The van der Waals surface area contributed by atoms with Crippen LogP contribution >= 0.6 is 0 Å². The molecule has 0 aromatic carbocycles. The van der Waals surface area contributed by atoms with Crippen molar-refractivity contribution >= 4 is 5.78 Å². The molecule has 3 rings (SSSR count). The molecular formula is C14H23NO2. The molecule has 3 fully saturated rings. The number of morpholine rings is 1. The molecule has 2 saturated carbocycles. The summed E-state index contributed by atoms with van der Waals surface area (Å²) in [5.74, 6) is 0.957. The Morgan fingerprint density at radius 2 is 1.71 bits per heavy atom. The van der Waals surface area contributed by atoms with Gasteiger partial charge in [0.15, 0.2) is 5.78 Å². The van der Waals surface area contributed by atoms with E-state index in [1.54, 1.807) is 0 Å². The maximum atomic E-state index is 12.8. The number of Topliss-reactive ketones (excluding diaryl/α,β-unsaturated/α-hetero) is 1. The molecule has 0 amide bonds. The van der Waals surface area contributed by atoms with Crippen LogP contribution in [-0.2, 0) is 9.53 Å². The first-order valence-electron chi connectivity index (χ1n) is 7.20. The van der Waals surface area contributed by atoms with Gasteiger partial charge in [0.2, 0.25) is 0 Å². The highest BCUT2D eigenvalue weighted by Gasteiger charge is 2.49. The van der Waals surface area contributed by atoms with Crippen molar-refractivity contribution in [2.24, 2.45) is 5.92 Å². The monoisotopic (exact) mass is 237 g/mol. The second-order valence-corrected chi connectivity index (χ2v) is 5.83. The van der Waals surface area contributed by atoms with E-state index in [1.165, 1.54) is 19.3 Å². The Labute approximate surface area is 104 Å². The number of hydrogen-bond acceptors (Lipinski definition) is 3. The van der Waals surface area contributed by atoms with E-state index < -0.39 is 0 Å². The Morgan fingerprint density at radius 3 is 2.24 bits per heavy atom. The third-order valence-corrected chi connectivity index (χ3v) is 4.98. The summed E-state index contributed by atoms with van der Waals surface area (Å²) in [6.07, 6.45) is 8.21. The van der Waals surface area contributed by atoms with Gasteiger partial charge in [-0.2, -0.15) is 0 Å². The first-order valence-corrected chi connectivity index (χ1v) is 7.20. The summed E-state index contributed by atoms with van der Waals surface area (Å²) >= 11 is 0. The lowest BCUT2D eigenvalue weighted by atomic mass is 9.73. The zero-order valence-electron chi connectivity index (χ0n) is 10.6. The lowest BCUT2D eigenvalue weighted by molar-refractivity contribution is -0.141. The molecular weight excluding hydrogens is 214 g/mol. The van der Waals surface area contributed by atoms with Gasteiger partial charge in [-0.3, -0.25) is 9.69 Å². The Bertz CT molecular complexity index is 287. The Kier molecular flexibility index (Phi) is 3.22. The highest BCUT2D eigenvalue weighted by molar-refractivity contribution is 5.91. The second kappa shape index (κ2) is 4.69. The SMILES string of the molecule is O=C(C1CCC1)C1(N2CCOCC2)CCCC1. The van der Waals surface area contributed by atoms with Crippen LogP contribution in [0.1, 0.15) is 44.9 Å². The van der Waals surface area contributed by atoms with Crippen molar-refractivity contribution in [2.45, 2.75) is 50.5 Å². The molecule has 0 radical (unpaired) electrons. The van der Waals surface area contributed by atoms with Crippen molar-refractivity contribution in [3.63, 3.8) is 0 Å². The van der Waals surface area contributed by atoms with Gasteiger partial charge in [0, 0.05) is 19.0 Å². The van der Waals surface area contributed by atoms with Crippen LogP contribution in [0, 0.1) is 5.92 Å². The molecule has 0 aromatic rings. The summed E-state index contributed by atoms with van der Waals surface area (Å²) in [5, 5.41) is 0. The Morgan fingerprint density at radius 1 is 1.06 bits per heavy atom. The largest absolute Gasteiger partial charge is 0.379 e. The number of ketones is 1. The van der Waals surface area contributed by atoms with Crippen LogP contribution in [0.25, 0.3) is 0 Å². The summed E-state index contributed by atoms with van der Waals surface area (Å²) in [6, 6.07) is 0. The van der Waals surface area contributed by atoms with Crippen LogP contribution in [-0.4, -0.2) is 42.5 Å². The van der Waals surface area contributed by atoms with Gasteiger partial charge in [-0.25, -0.2) is 0 Å². The van der Waals surface area contributed by atoms with Crippen molar-refractivity contribution in [1.29, 1.82) is 0 Å². The molecule has 3 nitrogen and oxygen atoms in total. The first kappa shape index (κ1) is 11.7. The third-order valence-electron chi connectivity index (χ3n) is 4.98. The standard InChI is InChI=1S/C14H23NO2/c16-13(12-4-3-5-12)14(6-1-2-7-14)15-8-10-17-11-9-15/h12H,1-11H2. The number of carbonyl (C=O) groups is 1. The second-order valence-electron chi connectivity index (χ2n) is 5.83. The lowest BCUT2D eigenvalue weighted by Gasteiger charge is -2.45. The highest BCUT2D eigenvalue weighted by Crippen LogP contribution is 2.42. The van der Waals surface area contributed by atoms with Crippen molar-refractivity contribution in [3.8, 4) is 0 Å². The topological polar surface area (TPSA) is 29.5 Å². The third kappa shape index (κ3) is 1.93. The molecule has 0 atom stereocenters. The van der Waals surface area contributed by atoms with E-state index in [0.29, 0.717) is 11.7 Å². The predicted molar refractivity (Wildman–Crippen MR) is 65.9 cm³/mol. The fraction of sp³-hybridized carbons (Fsp3) is 0.929. The maximum absolute atomic E-state index is 12.8. The van der Waals surface area contributed by atoms with Crippen molar-refractivity contribution in [3.05, 3.63) is 0 Å². The Balaban J connectivity index is 1.78. The minimum atomic E-state index is -0.0884. The maximum Gasteiger partial charge on any atom is 0.156 e. The minimum absolute atomic E-state index is 0.0884. The van der Waals surface area contributed by atoms with Crippen molar-refractivity contribution < 1.29 is 9.53 Å². The van der Waals surface area contributed by atoms with E-state index in [1.807, 2.05) is 0 Å². The lowest BCUT2D eigenvalue weighted by Crippen LogP contribution is -2.58. The number of carbonyl (C=O) groups excluding carboxylic acids is 1. The molecule has 1 aliphatic heterocycles. The van der Waals surface area contributed by atoms with E-state index >= 15 is 0 Å². The average Bonchev–Trinajstić information content (AvgIpc) is 2.78. The van der Waals surface area contributed by atoms with Gasteiger partial charge >= 0.3 is 0 Å². The summed E-state index contributed by atoms with van der Waals surface area (Å²) in [4.78, 5) is 15.2. The van der Waals surface area contributed by atoms with Gasteiger partial charge in [0.25, 0.3) is 0 Å². The van der Waals surface area contributed by atoms with E-state index in [4.69, 9.17) is 4.74 Å². The van der Waals surface area contributed by atoms with Crippen LogP contribution in [0.2, 0.25) is 0 Å². The smallest absolute Gasteiger partial charge is 0.156 e. The molecule has 3 aliphatic rings. The van der Waals surface area contributed by atoms with Gasteiger partial charge < -0.3 is 4.74 Å². The molecule has 0 unspecified atom stereocenters. The quantitative estimate of drug-likeness (QED) is 0.752. The zero-order chi connectivity index (χ0) is 11.7. The molecule has 1 saturated heterocycles. The first-order chi connectivity index (χ1) is 8.33. The van der Waals surface area contributed by atoms with Crippen LogP contribution in [0.5, 0.6) is 0 Å². The zero-order valence-corrected chi connectivity index (χ0v) is 10.6.